The molecule has 0 amide bonds. The number of benzene rings is 2. The van der Waals surface area contributed by atoms with Crippen LogP contribution in [0.15, 0.2) is 42.7 Å². The first-order valence-electron chi connectivity index (χ1n) is 7.26. The number of imidazole rings is 1. The molecule has 2 aromatic carbocycles. The molecular formula is C16H9F3N4O2S. The van der Waals surface area contributed by atoms with E-state index in [2.05, 4.69) is 15.4 Å². The Labute approximate surface area is 147 Å². The van der Waals surface area contributed by atoms with Crippen LogP contribution in [0, 0.1) is 0 Å². The number of fused-ring (bicyclic) bond motifs is 2. The lowest BCUT2D eigenvalue weighted by molar-refractivity contribution is -0.137. The van der Waals surface area contributed by atoms with Gasteiger partial charge in [-0.1, -0.05) is 11.3 Å². The first-order valence-corrected chi connectivity index (χ1v) is 8.08. The summed E-state index contributed by atoms with van der Waals surface area (Å²) in [6.45, 7) is 0. The summed E-state index contributed by atoms with van der Waals surface area (Å²) in [7, 11) is 0. The van der Waals surface area contributed by atoms with Crippen LogP contribution in [0.25, 0.3) is 21.3 Å². The normalized spacial score (nSPS) is 12.0. The number of aromatic carboxylic acids is 1. The van der Waals surface area contributed by atoms with Crippen molar-refractivity contribution in [2.75, 3.05) is 5.43 Å². The number of anilines is 1. The summed E-state index contributed by atoms with van der Waals surface area (Å²) >= 11 is 1.08. The molecule has 0 bridgehead atoms. The van der Waals surface area contributed by atoms with Crippen LogP contribution in [0.2, 0.25) is 0 Å². The van der Waals surface area contributed by atoms with E-state index in [1.807, 2.05) is 0 Å². The SMILES string of the molecule is O=C(O)c1ccc2c(c1)ncn2Nc1nc2ccc(C(F)(F)F)cc2s1. The van der Waals surface area contributed by atoms with Crippen molar-refractivity contribution in [3.63, 3.8) is 0 Å². The molecule has 0 spiro atoms. The predicted octanol–water partition coefficient (Wildman–Crippen LogP) is 4.24. The lowest BCUT2D eigenvalue weighted by Gasteiger charge is -2.04. The van der Waals surface area contributed by atoms with Gasteiger partial charge in [0.2, 0.25) is 5.13 Å². The van der Waals surface area contributed by atoms with Crippen molar-refractivity contribution in [2.45, 2.75) is 6.18 Å². The monoisotopic (exact) mass is 378 g/mol. The van der Waals surface area contributed by atoms with Gasteiger partial charge in [-0.15, -0.1) is 0 Å². The Bertz CT molecular complexity index is 1150. The van der Waals surface area contributed by atoms with Gasteiger partial charge in [0.1, 0.15) is 6.33 Å². The molecule has 0 unspecified atom stereocenters. The van der Waals surface area contributed by atoms with Gasteiger partial charge in [-0.05, 0) is 36.4 Å². The van der Waals surface area contributed by atoms with Crippen LogP contribution in [0.5, 0.6) is 0 Å². The third-order valence-corrected chi connectivity index (χ3v) is 4.65. The quantitative estimate of drug-likeness (QED) is 0.557. The molecule has 0 aliphatic rings. The summed E-state index contributed by atoms with van der Waals surface area (Å²) in [5.41, 5.74) is 3.88. The minimum Gasteiger partial charge on any atom is -0.478 e. The molecule has 2 heterocycles. The first-order chi connectivity index (χ1) is 12.3. The number of carboxylic acid groups (broad SMARTS) is 1. The van der Waals surface area contributed by atoms with Gasteiger partial charge in [0.05, 0.1) is 32.4 Å². The highest BCUT2D eigenvalue weighted by Crippen LogP contribution is 2.34. The maximum absolute atomic E-state index is 12.8. The average Bonchev–Trinajstić information content (AvgIpc) is 3.16. The van der Waals surface area contributed by atoms with Crippen LogP contribution in [0.4, 0.5) is 18.3 Å². The van der Waals surface area contributed by atoms with Crippen LogP contribution >= 0.6 is 11.3 Å². The molecule has 0 aliphatic heterocycles. The third-order valence-electron chi connectivity index (χ3n) is 3.73. The molecule has 4 rings (SSSR count). The molecule has 2 N–H and O–H groups in total. The Kier molecular flexibility index (Phi) is 3.58. The molecule has 0 aliphatic carbocycles. The van der Waals surface area contributed by atoms with Gasteiger partial charge in [0.15, 0.2) is 0 Å². The van der Waals surface area contributed by atoms with E-state index in [0.29, 0.717) is 26.4 Å². The maximum Gasteiger partial charge on any atom is 0.416 e. The Morgan fingerprint density at radius 2 is 1.96 bits per heavy atom. The van der Waals surface area contributed by atoms with E-state index in [0.717, 1.165) is 23.5 Å². The van der Waals surface area contributed by atoms with Crippen molar-refractivity contribution in [1.82, 2.24) is 14.6 Å². The summed E-state index contributed by atoms with van der Waals surface area (Å²) in [5, 5.41) is 9.40. The molecule has 0 saturated carbocycles. The summed E-state index contributed by atoms with van der Waals surface area (Å²) in [4.78, 5) is 19.4. The van der Waals surface area contributed by atoms with Gasteiger partial charge in [0, 0.05) is 0 Å². The zero-order chi connectivity index (χ0) is 18.5. The van der Waals surface area contributed by atoms with Crippen molar-refractivity contribution >= 4 is 43.7 Å². The third kappa shape index (κ3) is 2.84. The smallest absolute Gasteiger partial charge is 0.416 e. The Balaban J connectivity index is 1.69. The van der Waals surface area contributed by atoms with E-state index in [1.54, 1.807) is 6.07 Å². The Morgan fingerprint density at radius 3 is 2.69 bits per heavy atom. The van der Waals surface area contributed by atoms with Crippen LogP contribution in [-0.4, -0.2) is 25.7 Å². The van der Waals surface area contributed by atoms with Crippen LogP contribution < -0.4 is 5.43 Å². The number of hydrogen-bond acceptors (Lipinski definition) is 5. The average molecular weight is 378 g/mol. The van der Waals surface area contributed by atoms with Crippen molar-refractivity contribution in [1.29, 1.82) is 0 Å². The largest absolute Gasteiger partial charge is 0.478 e. The Hall–Kier alpha value is -3.14. The van der Waals surface area contributed by atoms with E-state index in [4.69, 9.17) is 5.11 Å². The van der Waals surface area contributed by atoms with Crippen molar-refractivity contribution in [2.24, 2.45) is 0 Å². The van der Waals surface area contributed by atoms with E-state index in [1.165, 1.54) is 29.2 Å². The van der Waals surface area contributed by atoms with E-state index in [9.17, 15) is 18.0 Å². The number of halogens is 3. The number of carboxylic acids is 1. The number of alkyl halides is 3. The number of rotatable bonds is 3. The molecule has 0 radical (unpaired) electrons. The van der Waals surface area contributed by atoms with Gasteiger partial charge < -0.3 is 5.11 Å². The highest BCUT2D eigenvalue weighted by molar-refractivity contribution is 7.22. The summed E-state index contributed by atoms with van der Waals surface area (Å²) in [6, 6.07) is 7.84. The number of nitrogens with zero attached hydrogens (tertiary/aromatic N) is 3. The first kappa shape index (κ1) is 16.3. The number of nitrogens with one attached hydrogen (secondary N) is 1. The minimum absolute atomic E-state index is 0.113. The van der Waals surface area contributed by atoms with Gasteiger partial charge in [-0.25, -0.2) is 19.4 Å². The standard InChI is InChI=1S/C16H9F3N4O2S/c17-16(18,19)9-2-3-10-13(6-9)26-15(21-10)22-23-7-20-11-5-8(14(24)25)1-4-12(11)23/h1-7H,(H,21,22)(H,24,25). The number of carbonyl (C=O) groups is 1. The molecular weight excluding hydrogens is 369 g/mol. The van der Waals surface area contributed by atoms with Crippen molar-refractivity contribution < 1.29 is 23.1 Å². The summed E-state index contributed by atoms with van der Waals surface area (Å²) in [5.74, 6) is -1.05. The number of thiazole rings is 1. The molecule has 26 heavy (non-hydrogen) atoms. The van der Waals surface area contributed by atoms with Crippen LogP contribution in [-0.2, 0) is 6.18 Å². The predicted molar refractivity (Wildman–Crippen MR) is 90.3 cm³/mol. The van der Waals surface area contributed by atoms with Gasteiger partial charge in [-0.2, -0.15) is 13.2 Å². The van der Waals surface area contributed by atoms with Gasteiger partial charge in [-0.3, -0.25) is 5.43 Å². The molecule has 2 aromatic heterocycles. The van der Waals surface area contributed by atoms with Crippen molar-refractivity contribution in [3.05, 3.63) is 53.9 Å². The summed E-state index contributed by atoms with van der Waals surface area (Å²) < 4.78 is 40.4. The van der Waals surface area contributed by atoms with E-state index >= 15 is 0 Å². The molecule has 10 heteroatoms. The lowest BCUT2D eigenvalue weighted by Crippen LogP contribution is -2.06. The molecule has 132 valence electrons. The fourth-order valence-corrected chi connectivity index (χ4v) is 3.39. The highest BCUT2D eigenvalue weighted by Gasteiger charge is 2.30. The zero-order valence-corrected chi connectivity index (χ0v) is 13.6. The lowest BCUT2D eigenvalue weighted by atomic mass is 10.2. The topological polar surface area (TPSA) is 80.0 Å². The minimum atomic E-state index is -4.41. The van der Waals surface area contributed by atoms with Crippen LogP contribution in [0.3, 0.4) is 0 Å². The fourth-order valence-electron chi connectivity index (χ4n) is 2.49. The molecule has 0 saturated heterocycles. The van der Waals surface area contributed by atoms with E-state index < -0.39 is 17.7 Å². The van der Waals surface area contributed by atoms with Crippen molar-refractivity contribution in [3.8, 4) is 0 Å². The molecule has 0 fully saturated rings. The number of aromatic nitrogens is 3. The fraction of sp³-hybridized carbons (Fsp3) is 0.0625. The molecule has 0 atom stereocenters. The molecule has 6 nitrogen and oxygen atoms in total. The highest BCUT2D eigenvalue weighted by atomic mass is 32.1. The number of hydrogen-bond donors (Lipinski definition) is 2. The molecule has 4 aromatic rings. The van der Waals surface area contributed by atoms with Gasteiger partial charge >= 0.3 is 12.1 Å². The summed E-state index contributed by atoms with van der Waals surface area (Å²) in [6.07, 6.45) is -2.96. The second-order valence-electron chi connectivity index (χ2n) is 5.43. The second-order valence-corrected chi connectivity index (χ2v) is 6.46. The van der Waals surface area contributed by atoms with Gasteiger partial charge in [0.25, 0.3) is 0 Å². The zero-order valence-electron chi connectivity index (χ0n) is 12.8. The van der Waals surface area contributed by atoms with Crippen LogP contribution in [0.1, 0.15) is 15.9 Å². The van der Waals surface area contributed by atoms with E-state index in [-0.39, 0.29) is 5.56 Å². The Morgan fingerprint density at radius 1 is 1.15 bits per heavy atom. The maximum atomic E-state index is 12.8. The second kappa shape index (κ2) is 5.70.